The minimum absolute atomic E-state index is 0.00968. The Balaban J connectivity index is 4.38. The number of aliphatic hydroxyl groups is 1. The predicted molar refractivity (Wildman–Crippen MR) is 224 cm³/mol. The maximum absolute atomic E-state index is 12.9. The van der Waals surface area contributed by atoms with Crippen molar-refractivity contribution >= 4 is 13.7 Å². The van der Waals surface area contributed by atoms with Crippen LogP contribution in [0.3, 0.4) is 0 Å². The number of amides is 1. The third kappa shape index (κ3) is 39.3. The number of hydrogen-bond acceptors (Lipinski definition) is 6. The van der Waals surface area contributed by atoms with Gasteiger partial charge in [-0.25, -0.2) is 0 Å². The lowest BCUT2D eigenvalue weighted by molar-refractivity contribution is -0.870. The number of quaternary nitrogens is 1. The molecule has 0 heterocycles. The molecule has 0 aliphatic rings. The second-order valence-electron chi connectivity index (χ2n) is 16.8. The molecular weight excluding hydrogens is 683 g/mol. The fourth-order valence-corrected chi connectivity index (χ4v) is 7.35. The summed E-state index contributed by atoms with van der Waals surface area (Å²) >= 11 is 0. The van der Waals surface area contributed by atoms with Crippen LogP contribution in [0, 0.1) is 0 Å². The fourth-order valence-electron chi connectivity index (χ4n) is 6.62. The predicted octanol–water partition coefficient (Wildman–Crippen LogP) is 11.7. The average molecular weight is 773 g/mol. The van der Waals surface area contributed by atoms with E-state index >= 15 is 0 Å². The summed E-state index contributed by atoms with van der Waals surface area (Å²) in [7, 11) is 1.30. The van der Waals surface area contributed by atoms with Gasteiger partial charge >= 0.3 is 0 Å². The van der Waals surface area contributed by atoms with Crippen LogP contribution < -0.4 is 10.2 Å². The van der Waals surface area contributed by atoms with Crippen LogP contribution in [-0.2, 0) is 18.4 Å². The first-order chi connectivity index (χ1) is 25.5. The zero-order chi connectivity index (χ0) is 39.3. The van der Waals surface area contributed by atoms with Gasteiger partial charge in [0.15, 0.2) is 0 Å². The van der Waals surface area contributed by atoms with Crippen molar-refractivity contribution in [2.24, 2.45) is 0 Å². The summed E-state index contributed by atoms with van der Waals surface area (Å²) in [6.45, 7) is 4.71. The van der Waals surface area contributed by atoms with Crippen molar-refractivity contribution in [1.82, 2.24) is 5.32 Å². The lowest BCUT2D eigenvalue weighted by Gasteiger charge is -2.30. The van der Waals surface area contributed by atoms with E-state index in [0.29, 0.717) is 23.9 Å². The van der Waals surface area contributed by atoms with Crippen molar-refractivity contribution in [3.05, 3.63) is 12.2 Å². The summed E-state index contributed by atoms with van der Waals surface area (Å²) in [4.78, 5) is 25.3. The third-order valence-corrected chi connectivity index (χ3v) is 11.2. The summed E-state index contributed by atoms with van der Waals surface area (Å²) in [5.41, 5.74) is 0. The van der Waals surface area contributed by atoms with Gasteiger partial charge in [0, 0.05) is 6.42 Å². The lowest BCUT2D eigenvalue weighted by atomic mass is 10.0. The number of phosphoric ester groups is 1. The first-order valence-electron chi connectivity index (χ1n) is 22.5. The topological polar surface area (TPSA) is 108 Å². The molecule has 2 N–H and O–H groups in total. The summed E-state index contributed by atoms with van der Waals surface area (Å²) in [6.07, 6.45) is 40.7. The minimum atomic E-state index is -4.56. The molecule has 3 atom stereocenters. The molecule has 0 aromatic heterocycles. The summed E-state index contributed by atoms with van der Waals surface area (Å²) < 4.78 is 23.2. The second kappa shape index (κ2) is 36.9. The molecule has 0 saturated heterocycles. The molecule has 8 nitrogen and oxygen atoms in total. The highest BCUT2D eigenvalue weighted by Gasteiger charge is 2.24. The van der Waals surface area contributed by atoms with Crippen LogP contribution in [0.15, 0.2) is 12.2 Å². The third-order valence-electron chi connectivity index (χ3n) is 10.3. The van der Waals surface area contributed by atoms with E-state index in [-0.39, 0.29) is 19.1 Å². The Morgan fingerprint density at radius 3 is 1.47 bits per heavy atom. The Labute approximate surface area is 329 Å². The van der Waals surface area contributed by atoms with E-state index in [1.807, 2.05) is 21.1 Å². The number of nitrogens with zero attached hydrogens (tertiary/aromatic N) is 1. The minimum Gasteiger partial charge on any atom is -0.756 e. The van der Waals surface area contributed by atoms with Crippen molar-refractivity contribution in [2.45, 2.75) is 225 Å². The molecule has 0 spiro atoms. The van der Waals surface area contributed by atoms with Crippen LogP contribution in [0.5, 0.6) is 0 Å². The number of unbranched alkanes of at least 4 members (excludes halogenated alkanes) is 26. The summed E-state index contributed by atoms with van der Waals surface area (Å²) in [5.74, 6) is -0.172. The van der Waals surface area contributed by atoms with Crippen LogP contribution in [0.2, 0.25) is 0 Å². The monoisotopic (exact) mass is 773 g/mol. The van der Waals surface area contributed by atoms with Gasteiger partial charge in [-0.05, 0) is 38.5 Å². The average Bonchev–Trinajstić information content (AvgIpc) is 3.10. The van der Waals surface area contributed by atoms with Crippen molar-refractivity contribution in [2.75, 3.05) is 40.9 Å². The molecule has 1 unspecified atom stereocenters. The number of phosphoric acid groups is 1. The highest BCUT2D eigenvalue weighted by molar-refractivity contribution is 7.45. The quantitative estimate of drug-likeness (QED) is 0.0277. The van der Waals surface area contributed by atoms with Gasteiger partial charge in [0.2, 0.25) is 5.91 Å². The standard InChI is InChI=1S/C44H89N2O6P/c1-6-8-10-12-14-16-18-20-22-24-26-28-30-32-34-36-38-44(48)45-42(41-52-53(49,50)51-40-39-46(3,4)5)43(47)37-35-33-31-29-27-25-23-21-19-17-15-13-11-9-7-2/h27,29,42-43,47H,6-26,28,30-41H2,1-5H3,(H-,45,48,49,50)/b29-27+/t42-,43+/m0/s1. The zero-order valence-electron chi connectivity index (χ0n) is 35.7. The van der Waals surface area contributed by atoms with Crippen molar-refractivity contribution < 1.29 is 32.9 Å². The summed E-state index contributed by atoms with van der Waals surface area (Å²) in [5, 5.41) is 13.9. The van der Waals surface area contributed by atoms with Crippen molar-refractivity contribution in [1.29, 1.82) is 0 Å². The first kappa shape index (κ1) is 52.2. The molecule has 53 heavy (non-hydrogen) atoms. The Kier molecular flexibility index (Phi) is 36.3. The highest BCUT2D eigenvalue weighted by Crippen LogP contribution is 2.38. The molecule has 0 radical (unpaired) electrons. The number of hydrogen-bond donors (Lipinski definition) is 2. The largest absolute Gasteiger partial charge is 0.756 e. The van der Waals surface area contributed by atoms with Crippen LogP contribution in [0.25, 0.3) is 0 Å². The Morgan fingerprint density at radius 2 is 1.04 bits per heavy atom. The molecule has 0 saturated carbocycles. The van der Waals surface area contributed by atoms with E-state index in [4.69, 9.17) is 9.05 Å². The fraction of sp³-hybridized carbons (Fsp3) is 0.932. The van der Waals surface area contributed by atoms with Gasteiger partial charge < -0.3 is 28.8 Å². The highest BCUT2D eigenvalue weighted by atomic mass is 31.2. The maximum Gasteiger partial charge on any atom is 0.268 e. The molecule has 0 aliphatic heterocycles. The molecule has 0 aromatic rings. The number of rotatable bonds is 41. The Bertz CT molecular complexity index is 880. The van der Waals surface area contributed by atoms with Crippen LogP contribution in [0.4, 0.5) is 0 Å². The van der Waals surface area contributed by atoms with Crippen LogP contribution in [-0.4, -0.2) is 68.5 Å². The molecular formula is C44H89N2O6P. The van der Waals surface area contributed by atoms with Gasteiger partial charge in [0.25, 0.3) is 7.82 Å². The van der Waals surface area contributed by atoms with E-state index in [1.54, 1.807) is 0 Å². The van der Waals surface area contributed by atoms with Gasteiger partial charge in [-0.2, -0.15) is 0 Å². The van der Waals surface area contributed by atoms with Crippen LogP contribution >= 0.6 is 7.82 Å². The molecule has 0 aliphatic carbocycles. The van der Waals surface area contributed by atoms with E-state index in [0.717, 1.165) is 44.9 Å². The number of aliphatic hydroxyl groups excluding tert-OH is 1. The van der Waals surface area contributed by atoms with Gasteiger partial charge in [-0.15, -0.1) is 0 Å². The van der Waals surface area contributed by atoms with Crippen molar-refractivity contribution in [3.8, 4) is 0 Å². The smallest absolute Gasteiger partial charge is 0.268 e. The van der Waals surface area contributed by atoms with E-state index in [9.17, 15) is 19.4 Å². The number of carbonyl (C=O) groups is 1. The molecule has 1 amide bonds. The molecule has 9 heteroatoms. The molecule has 316 valence electrons. The molecule has 0 bridgehead atoms. The van der Waals surface area contributed by atoms with E-state index in [1.165, 1.54) is 141 Å². The normalized spacial score (nSPS) is 14.5. The van der Waals surface area contributed by atoms with Crippen LogP contribution in [0.1, 0.15) is 213 Å². The first-order valence-corrected chi connectivity index (χ1v) is 24.0. The number of likely N-dealkylation sites (N-methyl/N-ethyl adjacent to an activating group) is 1. The van der Waals surface area contributed by atoms with Gasteiger partial charge in [-0.1, -0.05) is 180 Å². The summed E-state index contributed by atoms with van der Waals surface area (Å²) in [6, 6.07) is -0.810. The van der Waals surface area contributed by atoms with Gasteiger partial charge in [0.05, 0.1) is 39.9 Å². The lowest BCUT2D eigenvalue weighted by Crippen LogP contribution is -2.46. The van der Waals surface area contributed by atoms with E-state index in [2.05, 4.69) is 31.3 Å². The van der Waals surface area contributed by atoms with E-state index < -0.39 is 20.0 Å². The molecule has 0 aromatic carbocycles. The number of nitrogens with one attached hydrogen (secondary N) is 1. The number of allylic oxidation sites excluding steroid dienone is 2. The second-order valence-corrected chi connectivity index (χ2v) is 18.2. The Hall–Kier alpha value is -0.760. The Morgan fingerprint density at radius 1 is 0.642 bits per heavy atom. The van der Waals surface area contributed by atoms with Gasteiger partial charge in [-0.3, -0.25) is 9.36 Å². The van der Waals surface area contributed by atoms with Gasteiger partial charge in [0.1, 0.15) is 13.2 Å². The maximum atomic E-state index is 12.9. The SMILES string of the molecule is CCCCCCCCCCC/C=C/CCCC[C@@H](O)[C@H](COP(=O)([O-])OCC[N+](C)(C)C)NC(=O)CCCCCCCCCCCCCCCCCC. The number of carbonyl (C=O) groups excluding carboxylic acids is 1. The van der Waals surface area contributed by atoms with Crippen molar-refractivity contribution in [3.63, 3.8) is 0 Å². The molecule has 0 rings (SSSR count). The zero-order valence-corrected chi connectivity index (χ0v) is 36.6. The molecule has 0 fully saturated rings.